The highest BCUT2D eigenvalue weighted by Gasteiger charge is 2.08. The molecular weight excluding hydrogens is 202 g/mol. The molecule has 6 heteroatoms. The molecule has 0 spiro atoms. The summed E-state index contributed by atoms with van der Waals surface area (Å²) >= 11 is 0. The molecule has 0 saturated carbocycles. The minimum Gasteiger partial charge on any atom is -0.372 e. The molecule has 0 unspecified atom stereocenters. The molecule has 15 heavy (non-hydrogen) atoms. The number of hydrogen-bond donors (Lipinski definition) is 1. The Balaban J connectivity index is 2.49. The molecule has 84 valence electrons. The summed E-state index contributed by atoms with van der Waals surface area (Å²) in [5, 5.41) is 2.83. The van der Waals surface area contributed by atoms with Crippen LogP contribution in [0.1, 0.15) is 5.69 Å². The van der Waals surface area contributed by atoms with Crippen LogP contribution in [0, 0.1) is 0 Å². The normalized spacial score (nSPS) is 11.1. The predicted octanol–water partition coefficient (Wildman–Crippen LogP) is 1.22. The smallest absolute Gasteiger partial charge is 0.251 e. The van der Waals surface area contributed by atoms with Gasteiger partial charge in [-0.2, -0.15) is 0 Å². The summed E-state index contributed by atoms with van der Waals surface area (Å²) in [6, 6.07) is 0. The molecule has 0 fully saturated rings. The third kappa shape index (κ3) is 4.16. The van der Waals surface area contributed by atoms with Crippen LogP contribution in [0.25, 0.3) is 0 Å². The lowest BCUT2D eigenvalue weighted by Crippen LogP contribution is -2.24. The first-order valence-electron chi connectivity index (χ1n) is 4.57. The van der Waals surface area contributed by atoms with Crippen molar-refractivity contribution in [2.75, 3.05) is 26.0 Å². The van der Waals surface area contributed by atoms with Crippen LogP contribution in [-0.2, 0) is 6.54 Å². The van der Waals surface area contributed by atoms with Gasteiger partial charge in [0, 0.05) is 13.6 Å². The van der Waals surface area contributed by atoms with Gasteiger partial charge in [-0.15, -0.1) is 0 Å². The van der Waals surface area contributed by atoms with Gasteiger partial charge in [-0.1, -0.05) is 0 Å². The van der Waals surface area contributed by atoms with Gasteiger partial charge in [-0.3, -0.25) is 9.88 Å². The maximum absolute atomic E-state index is 12.0. The summed E-state index contributed by atoms with van der Waals surface area (Å²) in [5.74, 6) is 0.662. The van der Waals surface area contributed by atoms with E-state index >= 15 is 0 Å². The van der Waals surface area contributed by atoms with Crippen LogP contribution >= 0.6 is 0 Å². The molecule has 0 aliphatic carbocycles. The van der Waals surface area contributed by atoms with Gasteiger partial charge in [0.15, 0.2) is 0 Å². The number of anilines is 1. The molecule has 1 rings (SSSR count). The fraction of sp³-hybridized carbons (Fsp3) is 0.556. The molecule has 0 saturated heterocycles. The Morgan fingerprint density at radius 3 is 2.60 bits per heavy atom. The van der Waals surface area contributed by atoms with Crippen LogP contribution < -0.4 is 5.32 Å². The van der Waals surface area contributed by atoms with Gasteiger partial charge in [-0.05, 0) is 7.05 Å². The van der Waals surface area contributed by atoms with Gasteiger partial charge in [0.2, 0.25) is 0 Å². The van der Waals surface area contributed by atoms with Crippen molar-refractivity contribution in [1.29, 1.82) is 0 Å². The maximum Gasteiger partial charge on any atom is 0.251 e. The molecule has 0 atom stereocenters. The predicted molar refractivity (Wildman–Crippen MR) is 53.9 cm³/mol. The molecule has 0 aliphatic heterocycles. The van der Waals surface area contributed by atoms with Gasteiger partial charge in [0.1, 0.15) is 5.82 Å². The van der Waals surface area contributed by atoms with E-state index in [0.29, 0.717) is 18.1 Å². The lowest BCUT2D eigenvalue weighted by molar-refractivity contribution is 0.0970. The molecule has 1 heterocycles. The fourth-order valence-corrected chi connectivity index (χ4v) is 1.14. The Labute approximate surface area is 87.3 Å². The van der Waals surface area contributed by atoms with E-state index in [1.165, 1.54) is 4.90 Å². The van der Waals surface area contributed by atoms with E-state index in [-0.39, 0.29) is 6.54 Å². The molecule has 1 aromatic rings. The van der Waals surface area contributed by atoms with Crippen molar-refractivity contribution in [3.8, 4) is 0 Å². The Bertz CT molecular complexity index is 289. The van der Waals surface area contributed by atoms with E-state index < -0.39 is 6.43 Å². The standard InChI is InChI=1S/C9H14F2N4/c1-12-9-4-13-7(3-14-9)5-15(2)6-8(10)11/h3-4,8H,5-6H2,1-2H3,(H,12,14). The van der Waals surface area contributed by atoms with Crippen LogP contribution in [0.2, 0.25) is 0 Å². The third-order valence-corrected chi connectivity index (χ3v) is 1.84. The third-order valence-electron chi connectivity index (χ3n) is 1.84. The van der Waals surface area contributed by atoms with Crippen LogP contribution in [-0.4, -0.2) is 41.9 Å². The minimum atomic E-state index is -2.32. The first kappa shape index (κ1) is 11.8. The second-order valence-electron chi connectivity index (χ2n) is 3.23. The molecule has 0 aromatic carbocycles. The van der Waals surface area contributed by atoms with E-state index in [1.54, 1.807) is 26.5 Å². The number of alkyl halides is 2. The lowest BCUT2D eigenvalue weighted by atomic mass is 10.4. The maximum atomic E-state index is 12.0. The summed E-state index contributed by atoms with van der Waals surface area (Å²) in [5.41, 5.74) is 0.678. The second-order valence-corrected chi connectivity index (χ2v) is 3.23. The zero-order valence-corrected chi connectivity index (χ0v) is 8.74. The van der Waals surface area contributed by atoms with Crippen LogP contribution in [0.5, 0.6) is 0 Å². The first-order valence-corrected chi connectivity index (χ1v) is 4.57. The van der Waals surface area contributed by atoms with Gasteiger partial charge >= 0.3 is 0 Å². The van der Waals surface area contributed by atoms with Crippen molar-refractivity contribution >= 4 is 5.82 Å². The number of nitrogens with zero attached hydrogens (tertiary/aromatic N) is 3. The summed E-state index contributed by atoms with van der Waals surface area (Å²) in [7, 11) is 3.37. The molecule has 1 aromatic heterocycles. The van der Waals surface area contributed by atoms with E-state index in [4.69, 9.17) is 0 Å². The highest BCUT2D eigenvalue weighted by Crippen LogP contribution is 2.04. The molecule has 1 N–H and O–H groups in total. The van der Waals surface area contributed by atoms with E-state index in [9.17, 15) is 8.78 Å². The minimum absolute atomic E-state index is 0.255. The average Bonchev–Trinajstić information content (AvgIpc) is 2.17. The topological polar surface area (TPSA) is 41.1 Å². The second kappa shape index (κ2) is 5.55. The highest BCUT2D eigenvalue weighted by atomic mass is 19.3. The van der Waals surface area contributed by atoms with Gasteiger partial charge < -0.3 is 5.32 Å². The van der Waals surface area contributed by atoms with Crippen molar-refractivity contribution in [3.63, 3.8) is 0 Å². The molecule has 0 aliphatic rings. The molecule has 4 nitrogen and oxygen atoms in total. The molecular formula is C9H14F2N4. The van der Waals surface area contributed by atoms with Crippen molar-refractivity contribution in [1.82, 2.24) is 14.9 Å². The van der Waals surface area contributed by atoms with E-state index in [2.05, 4.69) is 15.3 Å². The zero-order valence-electron chi connectivity index (χ0n) is 8.74. The molecule has 0 amide bonds. The van der Waals surface area contributed by atoms with Crippen molar-refractivity contribution in [2.45, 2.75) is 13.0 Å². The monoisotopic (exact) mass is 216 g/mol. The largest absolute Gasteiger partial charge is 0.372 e. The summed E-state index contributed by atoms with van der Waals surface area (Å²) in [6.45, 7) is 0.122. The average molecular weight is 216 g/mol. The zero-order chi connectivity index (χ0) is 11.3. The Morgan fingerprint density at radius 1 is 1.40 bits per heavy atom. The fourth-order valence-electron chi connectivity index (χ4n) is 1.14. The molecule has 0 bridgehead atoms. The number of rotatable bonds is 5. The van der Waals surface area contributed by atoms with Crippen molar-refractivity contribution in [3.05, 3.63) is 18.1 Å². The number of aromatic nitrogens is 2. The number of halogens is 2. The summed E-state index contributed by atoms with van der Waals surface area (Å²) in [4.78, 5) is 9.63. The number of nitrogens with one attached hydrogen (secondary N) is 1. The summed E-state index contributed by atoms with van der Waals surface area (Å²) < 4.78 is 24.0. The van der Waals surface area contributed by atoms with Gasteiger partial charge in [0.05, 0.1) is 24.6 Å². The van der Waals surface area contributed by atoms with Gasteiger partial charge in [0.25, 0.3) is 6.43 Å². The van der Waals surface area contributed by atoms with E-state index in [1.807, 2.05) is 0 Å². The quantitative estimate of drug-likeness (QED) is 0.803. The lowest BCUT2D eigenvalue weighted by Gasteiger charge is -2.14. The SMILES string of the molecule is CNc1cnc(CN(C)CC(F)F)cn1. The van der Waals surface area contributed by atoms with Crippen LogP contribution in [0.4, 0.5) is 14.6 Å². The van der Waals surface area contributed by atoms with E-state index in [0.717, 1.165) is 0 Å². The highest BCUT2D eigenvalue weighted by molar-refractivity contribution is 5.29. The van der Waals surface area contributed by atoms with Gasteiger partial charge in [-0.25, -0.2) is 13.8 Å². The van der Waals surface area contributed by atoms with Crippen molar-refractivity contribution in [2.24, 2.45) is 0 Å². The Morgan fingerprint density at radius 2 is 2.13 bits per heavy atom. The number of hydrogen-bond acceptors (Lipinski definition) is 4. The summed E-state index contributed by atoms with van der Waals surface area (Å²) in [6.07, 6.45) is 0.832. The van der Waals surface area contributed by atoms with Crippen LogP contribution in [0.15, 0.2) is 12.4 Å². The van der Waals surface area contributed by atoms with Crippen LogP contribution in [0.3, 0.4) is 0 Å². The first-order chi connectivity index (χ1) is 7.11. The molecule has 0 radical (unpaired) electrons. The Kier molecular flexibility index (Phi) is 4.36. The van der Waals surface area contributed by atoms with Crippen molar-refractivity contribution < 1.29 is 8.78 Å². The Hall–Kier alpha value is -1.30.